The van der Waals surface area contributed by atoms with E-state index in [1.807, 2.05) is 112 Å². The molecule has 0 heterocycles. The largest absolute Gasteiger partial charge is 0.481 e. The average Bonchev–Trinajstić information content (AvgIpc) is 3.05. The molecule has 3 rings (SSSR count). The van der Waals surface area contributed by atoms with Gasteiger partial charge in [-0.1, -0.05) is 111 Å². The van der Waals surface area contributed by atoms with Gasteiger partial charge in [-0.05, 0) is 56.7 Å². The van der Waals surface area contributed by atoms with Gasteiger partial charge in [0.05, 0.1) is 23.5 Å². The maximum Gasteiger partial charge on any atom is 0.309 e. The van der Waals surface area contributed by atoms with E-state index in [9.17, 15) is 24.3 Å². The van der Waals surface area contributed by atoms with Gasteiger partial charge in [-0.3, -0.25) is 19.2 Å². The molecule has 0 aliphatic rings. The lowest BCUT2D eigenvalue weighted by molar-refractivity contribution is -0.154. The molecule has 0 aliphatic carbocycles. The number of carbonyl (C=O) groups excluding carboxylic acids is 3. The van der Waals surface area contributed by atoms with E-state index < -0.39 is 52.6 Å². The summed E-state index contributed by atoms with van der Waals surface area (Å²) in [6.45, 7) is 11.7. The summed E-state index contributed by atoms with van der Waals surface area (Å²) in [5.74, 6) is -4.08. The minimum absolute atomic E-state index is 0.263. The number of benzene rings is 3. The van der Waals surface area contributed by atoms with Crippen LogP contribution in [0, 0.1) is 17.8 Å². The van der Waals surface area contributed by atoms with Crippen LogP contribution in [0.3, 0.4) is 0 Å². The normalized spacial score (nSPS) is 14.3. The molecule has 0 radical (unpaired) electrons. The maximum absolute atomic E-state index is 14.2. The van der Waals surface area contributed by atoms with Crippen LogP contribution in [0.4, 0.5) is 0 Å². The van der Waals surface area contributed by atoms with Crippen molar-refractivity contribution in [2.45, 2.75) is 90.9 Å². The number of Topliss-reactive ketones (excluding diaryl/α,β-unsaturated/α-hetero) is 1. The van der Waals surface area contributed by atoms with Crippen molar-refractivity contribution >= 4 is 23.6 Å². The molecule has 0 saturated heterocycles. The van der Waals surface area contributed by atoms with Crippen molar-refractivity contribution in [3.05, 3.63) is 108 Å². The van der Waals surface area contributed by atoms with E-state index in [0.717, 1.165) is 29.5 Å². The molecule has 1 unspecified atom stereocenters. The second kappa shape index (κ2) is 17.7. The Morgan fingerprint density at radius 2 is 1.23 bits per heavy atom. The van der Waals surface area contributed by atoms with Crippen molar-refractivity contribution in [1.29, 1.82) is 0 Å². The number of hydrogen-bond donors (Lipinski definition) is 3. The van der Waals surface area contributed by atoms with Crippen LogP contribution in [-0.2, 0) is 29.5 Å². The molecule has 0 saturated carbocycles. The first-order chi connectivity index (χ1) is 22.8. The zero-order chi connectivity index (χ0) is 35.3. The Morgan fingerprint density at radius 1 is 0.750 bits per heavy atom. The lowest BCUT2D eigenvalue weighted by Gasteiger charge is -2.37. The molecule has 0 fully saturated rings. The van der Waals surface area contributed by atoms with Crippen molar-refractivity contribution in [3.63, 3.8) is 0 Å². The summed E-state index contributed by atoms with van der Waals surface area (Å²) in [4.78, 5) is 53.4. The van der Waals surface area contributed by atoms with Crippen LogP contribution in [-0.4, -0.2) is 46.9 Å². The SMILES string of the molecule is CC[C@H](C)CCNC(=O)[C@@H](CC(=O)C[C@H](C(=O)O)C(C)OC(C)(C)C)CC(=O)NC(c1ccccc1)(c1ccccc1)c1ccccc1. The van der Waals surface area contributed by atoms with Crippen LogP contribution in [0.1, 0.15) is 90.3 Å². The minimum Gasteiger partial charge on any atom is -0.481 e. The van der Waals surface area contributed by atoms with Crippen molar-refractivity contribution < 1.29 is 29.0 Å². The lowest BCUT2D eigenvalue weighted by Crippen LogP contribution is -2.49. The molecule has 3 aromatic rings. The van der Waals surface area contributed by atoms with E-state index in [0.29, 0.717) is 12.5 Å². The zero-order valence-corrected chi connectivity index (χ0v) is 29.2. The molecule has 0 aliphatic heterocycles. The van der Waals surface area contributed by atoms with Gasteiger partial charge in [0.25, 0.3) is 0 Å². The lowest BCUT2D eigenvalue weighted by atomic mass is 9.76. The Morgan fingerprint density at radius 3 is 1.65 bits per heavy atom. The number of carboxylic acids is 1. The molecular formula is C40H52N2O6. The Hall–Kier alpha value is -4.30. The topological polar surface area (TPSA) is 122 Å². The van der Waals surface area contributed by atoms with Crippen molar-refractivity contribution in [2.75, 3.05) is 6.54 Å². The maximum atomic E-state index is 14.2. The number of ether oxygens (including phenoxy) is 1. The second-order valence-electron chi connectivity index (χ2n) is 13.7. The summed E-state index contributed by atoms with van der Waals surface area (Å²) >= 11 is 0. The average molecular weight is 657 g/mol. The number of nitrogens with one attached hydrogen (secondary N) is 2. The van der Waals surface area contributed by atoms with Gasteiger partial charge < -0.3 is 20.5 Å². The van der Waals surface area contributed by atoms with Gasteiger partial charge in [0.2, 0.25) is 11.8 Å². The Balaban J connectivity index is 1.95. The van der Waals surface area contributed by atoms with Crippen molar-refractivity contribution in [1.82, 2.24) is 10.6 Å². The first-order valence-electron chi connectivity index (χ1n) is 16.9. The molecule has 0 spiro atoms. The smallest absolute Gasteiger partial charge is 0.309 e. The fourth-order valence-electron chi connectivity index (χ4n) is 6.01. The third-order valence-corrected chi connectivity index (χ3v) is 8.73. The number of ketones is 1. The van der Waals surface area contributed by atoms with Crippen molar-refractivity contribution in [2.24, 2.45) is 17.8 Å². The molecule has 3 aromatic carbocycles. The zero-order valence-electron chi connectivity index (χ0n) is 29.2. The number of hydrogen-bond acceptors (Lipinski definition) is 5. The molecule has 3 N–H and O–H groups in total. The highest BCUT2D eigenvalue weighted by molar-refractivity contribution is 5.92. The van der Waals surface area contributed by atoms with Crippen LogP contribution < -0.4 is 10.6 Å². The summed E-state index contributed by atoms with van der Waals surface area (Å²) in [5, 5.41) is 16.2. The van der Waals surface area contributed by atoms with Crippen LogP contribution in [0.15, 0.2) is 91.0 Å². The highest BCUT2D eigenvalue weighted by atomic mass is 16.5. The number of rotatable bonds is 18. The molecule has 48 heavy (non-hydrogen) atoms. The second-order valence-corrected chi connectivity index (χ2v) is 13.7. The van der Waals surface area contributed by atoms with Gasteiger partial charge in [0, 0.05) is 25.8 Å². The first kappa shape index (κ1) is 38.2. The quantitative estimate of drug-likeness (QED) is 0.128. The number of carboxylic acid groups (broad SMARTS) is 1. The highest BCUT2D eigenvalue weighted by Crippen LogP contribution is 2.37. The van der Waals surface area contributed by atoms with Crippen molar-refractivity contribution in [3.8, 4) is 0 Å². The summed E-state index contributed by atoms with van der Waals surface area (Å²) in [6, 6.07) is 28.9. The van der Waals surface area contributed by atoms with Crippen LogP contribution >= 0.6 is 0 Å². The highest BCUT2D eigenvalue weighted by Gasteiger charge is 2.39. The van der Waals surface area contributed by atoms with Crippen LogP contribution in [0.5, 0.6) is 0 Å². The van der Waals surface area contributed by atoms with Gasteiger partial charge in [0.1, 0.15) is 11.3 Å². The van der Waals surface area contributed by atoms with Crippen LogP contribution in [0.2, 0.25) is 0 Å². The molecule has 4 atom stereocenters. The molecule has 258 valence electrons. The third kappa shape index (κ3) is 10.9. The summed E-state index contributed by atoms with van der Waals surface area (Å²) in [6.07, 6.45) is 0.140. The third-order valence-electron chi connectivity index (χ3n) is 8.73. The number of carbonyl (C=O) groups is 4. The van der Waals surface area contributed by atoms with E-state index in [-0.39, 0.29) is 19.3 Å². The minimum atomic E-state index is -1.15. The Bertz CT molecular complexity index is 1370. The van der Waals surface area contributed by atoms with Gasteiger partial charge in [-0.15, -0.1) is 0 Å². The predicted octanol–water partition coefficient (Wildman–Crippen LogP) is 6.91. The van der Waals surface area contributed by atoms with E-state index in [1.165, 1.54) is 0 Å². The van der Waals surface area contributed by atoms with E-state index >= 15 is 0 Å². The monoisotopic (exact) mass is 656 g/mol. The Labute approximate surface area is 285 Å². The fraction of sp³-hybridized carbons (Fsp3) is 0.450. The molecule has 2 amide bonds. The molecule has 8 heteroatoms. The summed E-state index contributed by atoms with van der Waals surface area (Å²) in [7, 11) is 0. The van der Waals surface area contributed by atoms with E-state index in [1.54, 1.807) is 6.92 Å². The van der Waals surface area contributed by atoms with Gasteiger partial charge in [0.15, 0.2) is 0 Å². The standard InChI is InChI=1S/C40H52N2O6/c1-7-28(2)23-24-41-37(45)30(25-34(43)27-35(38(46)47)29(3)48-39(4,5)6)26-36(44)42-40(31-17-11-8-12-18-31,32-19-13-9-14-20-32)33-21-15-10-16-22-33/h8-22,28-30,35H,7,23-27H2,1-6H3,(H,41,45)(H,42,44)(H,46,47)/t28-,29?,30-,35-/m0/s1. The molecule has 0 bridgehead atoms. The fourth-order valence-corrected chi connectivity index (χ4v) is 6.01. The molecule has 8 nitrogen and oxygen atoms in total. The first-order valence-corrected chi connectivity index (χ1v) is 16.9. The predicted molar refractivity (Wildman–Crippen MR) is 188 cm³/mol. The summed E-state index contributed by atoms with van der Waals surface area (Å²) in [5.41, 5.74) is 0.807. The summed E-state index contributed by atoms with van der Waals surface area (Å²) < 4.78 is 5.87. The molecule has 0 aromatic heterocycles. The number of amides is 2. The Kier molecular flexibility index (Phi) is 14.1. The van der Waals surface area contributed by atoms with Gasteiger partial charge in [-0.2, -0.15) is 0 Å². The van der Waals surface area contributed by atoms with Crippen LogP contribution in [0.25, 0.3) is 0 Å². The number of aliphatic carboxylic acids is 1. The van der Waals surface area contributed by atoms with E-state index in [4.69, 9.17) is 4.74 Å². The van der Waals surface area contributed by atoms with Gasteiger partial charge >= 0.3 is 5.97 Å². The van der Waals surface area contributed by atoms with Gasteiger partial charge in [-0.25, -0.2) is 0 Å². The van der Waals surface area contributed by atoms with E-state index in [2.05, 4.69) is 24.5 Å². The molecular weight excluding hydrogens is 604 g/mol.